The lowest BCUT2D eigenvalue weighted by molar-refractivity contribution is 0.381. The van der Waals surface area contributed by atoms with Gasteiger partial charge in [0.25, 0.3) is 8.32 Å². The Kier molecular flexibility index (Phi) is 7.69. The molecule has 2 aromatic carbocycles. The number of ether oxygens (including phenoxy) is 1. The highest BCUT2D eigenvalue weighted by atomic mass is 32.2. The Morgan fingerprint density at radius 1 is 0.786 bits per heavy atom. The lowest BCUT2D eigenvalue weighted by Gasteiger charge is -2.42. The molecule has 0 saturated carbocycles. The second-order valence-electron chi connectivity index (χ2n) is 8.60. The number of hydrogen-bond acceptors (Lipinski definition) is 3. The molecule has 0 saturated heterocycles. The first-order valence-corrected chi connectivity index (χ1v) is 13.2. The number of benzene rings is 2. The average Bonchev–Trinajstić information content (AvgIpc) is 2.62. The summed E-state index contributed by atoms with van der Waals surface area (Å²) in [4.78, 5) is 2.46. The molecule has 0 atom stereocenters. The van der Waals surface area contributed by atoms with Gasteiger partial charge < -0.3 is 9.16 Å². The maximum Gasteiger partial charge on any atom is 0.258 e. The summed E-state index contributed by atoms with van der Waals surface area (Å²) in [6, 6.07) is 13.0. The molecule has 0 aromatic heterocycles. The van der Waals surface area contributed by atoms with E-state index in [2.05, 4.69) is 91.8 Å². The lowest BCUT2D eigenvalue weighted by atomic mass is 10.2. The molecule has 0 aliphatic heterocycles. The molecule has 0 spiro atoms. The first kappa shape index (κ1) is 22.9. The van der Waals surface area contributed by atoms with Crippen molar-refractivity contribution in [2.45, 2.75) is 81.8 Å². The summed E-state index contributed by atoms with van der Waals surface area (Å²) < 4.78 is 12.7. The molecule has 0 radical (unpaired) electrons. The van der Waals surface area contributed by atoms with Gasteiger partial charge in [-0.15, -0.1) is 0 Å². The van der Waals surface area contributed by atoms with Crippen LogP contribution >= 0.6 is 11.8 Å². The summed E-state index contributed by atoms with van der Waals surface area (Å²) in [5.41, 5.74) is 4.05. The molecule has 154 valence electrons. The van der Waals surface area contributed by atoms with Crippen LogP contribution in [0.4, 0.5) is 0 Å². The minimum atomic E-state index is -2.05. The SMILES string of the molecule is COc1cc(C)c(Sc2ccc(C)cc2)cc1O[Si](C(C)C)(C(C)C)C(C)C. The molecular weight excluding hydrogens is 380 g/mol. The van der Waals surface area contributed by atoms with E-state index in [0.29, 0.717) is 16.6 Å². The largest absolute Gasteiger partial charge is 0.540 e. The van der Waals surface area contributed by atoms with Crippen molar-refractivity contribution in [1.29, 1.82) is 0 Å². The number of rotatable bonds is 8. The topological polar surface area (TPSA) is 18.5 Å². The van der Waals surface area contributed by atoms with Crippen LogP contribution in [0.2, 0.25) is 16.6 Å². The van der Waals surface area contributed by atoms with Gasteiger partial charge in [-0.3, -0.25) is 0 Å². The van der Waals surface area contributed by atoms with Crippen molar-refractivity contribution in [2.75, 3.05) is 7.11 Å². The zero-order valence-electron chi connectivity index (χ0n) is 18.9. The Balaban J connectivity index is 2.48. The number of aryl methyl sites for hydroxylation is 2. The van der Waals surface area contributed by atoms with E-state index in [-0.39, 0.29) is 0 Å². The maximum absolute atomic E-state index is 6.96. The molecule has 0 aliphatic carbocycles. The summed E-state index contributed by atoms with van der Waals surface area (Å²) in [5.74, 6) is 1.73. The number of hydrogen-bond donors (Lipinski definition) is 0. The van der Waals surface area contributed by atoms with Crippen LogP contribution in [0.1, 0.15) is 52.7 Å². The Morgan fingerprint density at radius 2 is 1.32 bits per heavy atom. The monoisotopic (exact) mass is 416 g/mol. The van der Waals surface area contributed by atoms with Crippen molar-refractivity contribution in [2.24, 2.45) is 0 Å². The molecule has 0 N–H and O–H groups in total. The molecule has 0 unspecified atom stereocenters. The fraction of sp³-hybridized carbons (Fsp3) is 0.500. The normalized spacial score (nSPS) is 12.1. The van der Waals surface area contributed by atoms with Crippen LogP contribution in [-0.4, -0.2) is 15.4 Å². The Labute approximate surface area is 177 Å². The van der Waals surface area contributed by atoms with E-state index < -0.39 is 8.32 Å². The van der Waals surface area contributed by atoms with E-state index in [4.69, 9.17) is 9.16 Å². The third-order valence-corrected chi connectivity index (χ3v) is 12.9. The van der Waals surface area contributed by atoms with Gasteiger partial charge in [-0.1, -0.05) is 71.0 Å². The number of methoxy groups -OCH3 is 1. The van der Waals surface area contributed by atoms with Gasteiger partial charge in [-0.25, -0.2) is 0 Å². The molecule has 28 heavy (non-hydrogen) atoms. The van der Waals surface area contributed by atoms with Crippen LogP contribution in [0, 0.1) is 13.8 Å². The van der Waals surface area contributed by atoms with Crippen LogP contribution in [0.25, 0.3) is 0 Å². The van der Waals surface area contributed by atoms with Gasteiger partial charge in [-0.2, -0.15) is 0 Å². The van der Waals surface area contributed by atoms with Crippen molar-refractivity contribution in [3.8, 4) is 11.5 Å². The molecule has 0 fully saturated rings. The second kappa shape index (κ2) is 9.40. The predicted molar refractivity (Wildman–Crippen MR) is 125 cm³/mol. The van der Waals surface area contributed by atoms with Crippen molar-refractivity contribution in [1.82, 2.24) is 0 Å². The fourth-order valence-corrected chi connectivity index (χ4v) is 10.4. The Hall–Kier alpha value is -1.39. The predicted octanol–water partition coefficient (Wildman–Crippen LogP) is 8.02. The molecule has 2 aromatic rings. The summed E-state index contributed by atoms with van der Waals surface area (Å²) >= 11 is 1.79. The van der Waals surface area contributed by atoms with Crippen LogP contribution in [-0.2, 0) is 0 Å². The minimum Gasteiger partial charge on any atom is -0.540 e. The average molecular weight is 417 g/mol. The van der Waals surface area contributed by atoms with Gasteiger partial charge in [0.15, 0.2) is 5.75 Å². The Bertz CT molecular complexity index is 760. The highest BCUT2D eigenvalue weighted by molar-refractivity contribution is 7.99. The molecule has 2 rings (SSSR count). The van der Waals surface area contributed by atoms with E-state index in [9.17, 15) is 0 Å². The molecule has 2 nitrogen and oxygen atoms in total. The van der Waals surface area contributed by atoms with Gasteiger partial charge in [0.05, 0.1) is 7.11 Å². The van der Waals surface area contributed by atoms with Crippen LogP contribution < -0.4 is 9.16 Å². The highest BCUT2D eigenvalue weighted by Crippen LogP contribution is 2.46. The first-order valence-electron chi connectivity index (χ1n) is 10.2. The standard InChI is InChI=1S/C24H36O2SSi/c1-16(2)28(17(3)4,18(5)6)26-23-15-24(20(8)14-22(23)25-9)27-21-12-10-19(7)11-13-21/h10-18H,1-9H3. The van der Waals surface area contributed by atoms with Gasteiger partial charge in [0.1, 0.15) is 5.75 Å². The van der Waals surface area contributed by atoms with Crippen LogP contribution in [0.15, 0.2) is 46.2 Å². The fourth-order valence-electron chi connectivity index (χ4n) is 4.27. The summed E-state index contributed by atoms with van der Waals surface area (Å²) in [6.07, 6.45) is 0. The van der Waals surface area contributed by atoms with E-state index in [0.717, 1.165) is 11.5 Å². The van der Waals surface area contributed by atoms with Crippen molar-refractivity contribution in [3.63, 3.8) is 0 Å². The first-order chi connectivity index (χ1) is 13.1. The highest BCUT2D eigenvalue weighted by Gasteiger charge is 2.47. The smallest absolute Gasteiger partial charge is 0.258 e. The van der Waals surface area contributed by atoms with Crippen molar-refractivity contribution in [3.05, 3.63) is 47.5 Å². The zero-order valence-corrected chi connectivity index (χ0v) is 20.7. The quantitative estimate of drug-likeness (QED) is 0.406. The van der Waals surface area contributed by atoms with E-state index in [1.165, 1.54) is 20.9 Å². The summed E-state index contributed by atoms with van der Waals surface area (Å²) in [7, 11) is -0.311. The van der Waals surface area contributed by atoms with Gasteiger partial charge in [0.2, 0.25) is 0 Å². The second-order valence-corrected chi connectivity index (χ2v) is 15.1. The third-order valence-electron chi connectivity index (χ3n) is 5.70. The maximum atomic E-state index is 6.96. The van der Waals surface area contributed by atoms with Gasteiger partial charge in [0, 0.05) is 9.79 Å². The van der Waals surface area contributed by atoms with E-state index >= 15 is 0 Å². The lowest BCUT2D eigenvalue weighted by Crippen LogP contribution is -2.50. The van der Waals surface area contributed by atoms with Crippen molar-refractivity contribution < 1.29 is 9.16 Å². The minimum absolute atomic E-state index is 0.520. The van der Waals surface area contributed by atoms with Crippen LogP contribution in [0.5, 0.6) is 11.5 Å². The summed E-state index contributed by atoms with van der Waals surface area (Å²) in [5, 5.41) is 0. The van der Waals surface area contributed by atoms with E-state index in [1.807, 2.05) is 0 Å². The summed E-state index contributed by atoms with van der Waals surface area (Å²) in [6.45, 7) is 18.1. The Morgan fingerprint density at radius 3 is 1.79 bits per heavy atom. The zero-order chi connectivity index (χ0) is 21.1. The van der Waals surface area contributed by atoms with Gasteiger partial charge >= 0.3 is 0 Å². The van der Waals surface area contributed by atoms with Crippen molar-refractivity contribution >= 4 is 20.1 Å². The molecule has 0 aliphatic rings. The van der Waals surface area contributed by atoms with Crippen LogP contribution in [0.3, 0.4) is 0 Å². The molecule has 4 heteroatoms. The molecule has 0 bridgehead atoms. The third kappa shape index (κ3) is 4.77. The van der Waals surface area contributed by atoms with Gasteiger partial charge in [-0.05, 0) is 60.3 Å². The molecule has 0 amide bonds. The molecule has 0 heterocycles. The molecular formula is C24H36O2SSi. The van der Waals surface area contributed by atoms with E-state index in [1.54, 1.807) is 18.9 Å².